The minimum Gasteiger partial charge on any atom is -0.305 e. The summed E-state index contributed by atoms with van der Waals surface area (Å²) in [6.45, 7) is 2.35. The SMILES string of the molecule is C#CCn1c(=NC(=O)c2cc(Cl)cc(Cl)c2)sc2cc(C)ccc21. The highest BCUT2D eigenvalue weighted by Gasteiger charge is 2.10. The molecule has 2 aromatic carbocycles. The number of carbonyl (C=O) groups is 1. The molecule has 0 unspecified atom stereocenters. The molecular formula is C18H12Cl2N2OS. The van der Waals surface area contributed by atoms with Crippen molar-refractivity contribution in [3.05, 3.63) is 62.4 Å². The third-order valence-corrected chi connectivity index (χ3v) is 4.87. The van der Waals surface area contributed by atoms with Crippen LogP contribution in [0.4, 0.5) is 0 Å². The van der Waals surface area contributed by atoms with Crippen molar-refractivity contribution in [3.8, 4) is 12.3 Å². The Kier molecular flexibility index (Phi) is 4.77. The third kappa shape index (κ3) is 3.39. The number of fused-ring (bicyclic) bond motifs is 1. The van der Waals surface area contributed by atoms with Gasteiger partial charge in [0.2, 0.25) is 0 Å². The summed E-state index contributed by atoms with van der Waals surface area (Å²) in [7, 11) is 0. The molecule has 0 saturated carbocycles. The molecule has 0 fully saturated rings. The number of rotatable bonds is 2. The van der Waals surface area contributed by atoms with Gasteiger partial charge in [-0.25, -0.2) is 0 Å². The molecule has 0 spiro atoms. The van der Waals surface area contributed by atoms with E-state index >= 15 is 0 Å². The maximum atomic E-state index is 12.5. The number of nitrogens with zero attached hydrogens (tertiary/aromatic N) is 2. The molecule has 0 bridgehead atoms. The number of benzene rings is 2. The summed E-state index contributed by atoms with van der Waals surface area (Å²) < 4.78 is 2.88. The normalized spacial score (nSPS) is 11.7. The summed E-state index contributed by atoms with van der Waals surface area (Å²) in [5, 5.41) is 0.786. The van der Waals surface area contributed by atoms with Gasteiger partial charge in [0.1, 0.15) is 0 Å². The molecule has 1 heterocycles. The first-order valence-electron chi connectivity index (χ1n) is 7.06. The van der Waals surface area contributed by atoms with Crippen LogP contribution < -0.4 is 4.80 Å². The summed E-state index contributed by atoms with van der Waals surface area (Å²) in [6, 6.07) is 10.7. The van der Waals surface area contributed by atoms with Crippen molar-refractivity contribution in [2.24, 2.45) is 4.99 Å². The zero-order valence-electron chi connectivity index (χ0n) is 12.7. The molecular weight excluding hydrogens is 363 g/mol. The number of amides is 1. The van der Waals surface area contributed by atoms with E-state index in [0.717, 1.165) is 15.8 Å². The van der Waals surface area contributed by atoms with E-state index in [9.17, 15) is 4.79 Å². The van der Waals surface area contributed by atoms with Crippen molar-refractivity contribution in [2.45, 2.75) is 13.5 Å². The number of hydrogen-bond acceptors (Lipinski definition) is 2. The van der Waals surface area contributed by atoms with Crippen LogP contribution in [0.25, 0.3) is 10.2 Å². The van der Waals surface area contributed by atoms with Gasteiger partial charge in [-0.05, 0) is 42.8 Å². The van der Waals surface area contributed by atoms with E-state index in [0.29, 0.717) is 27.0 Å². The highest BCUT2D eigenvalue weighted by molar-refractivity contribution is 7.16. The Bertz CT molecular complexity index is 1040. The quantitative estimate of drug-likeness (QED) is 0.599. The van der Waals surface area contributed by atoms with Gasteiger partial charge in [-0.1, -0.05) is 46.5 Å². The Hall–Kier alpha value is -2.06. The Balaban J connectivity index is 2.17. The largest absolute Gasteiger partial charge is 0.305 e. The smallest absolute Gasteiger partial charge is 0.279 e. The fourth-order valence-electron chi connectivity index (χ4n) is 2.34. The van der Waals surface area contributed by atoms with E-state index in [1.165, 1.54) is 11.3 Å². The van der Waals surface area contributed by atoms with Crippen LogP contribution >= 0.6 is 34.5 Å². The molecule has 3 nitrogen and oxygen atoms in total. The van der Waals surface area contributed by atoms with Gasteiger partial charge in [0.05, 0.1) is 16.8 Å². The predicted octanol–water partition coefficient (Wildman–Crippen LogP) is 4.69. The number of halogens is 2. The molecule has 1 aromatic heterocycles. The maximum absolute atomic E-state index is 12.5. The average molecular weight is 375 g/mol. The lowest BCUT2D eigenvalue weighted by Crippen LogP contribution is -2.16. The van der Waals surface area contributed by atoms with Crippen molar-refractivity contribution in [1.29, 1.82) is 0 Å². The molecule has 0 N–H and O–H groups in total. The van der Waals surface area contributed by atoms with Crippen LogP contribution in [0.15, 0.2) is 41.4 Å². The fourth-order valence-corrected chi connectivity index (χ4v) is 3.99. The first-order valence-corrected chi connectivity index (χ1v) is 8.64. The Labute approximate surface area is 153 Å². The van der Waals surface area contributed by atoms with Crippen molar-refractivity contribution in [3.63, 3.8) is 0 Å². The summed E-state index contributed by atoms with van der Waals surface area (Å²) in [5.74, 6) is 2.20. The van der Waals surface area contributed by atoms with Gasteiger partial charge >= 0.3 is 0 Å². The highest BCUT2D eigenvalue weighted by atomic mass is 35.5. The van der Waals surface area contributed by atoms with E-state index in [-0.39, 0.29) is 0 Å². The van der Waals surface area contributed by atoms with Crippen molar-refractivity contribution < 1.29 is 4.79 Å². The summed E-state index contributed by atoms with van der Waals surface area (Å²) in [5.41, 5.74) is 2.43. The van der Waals surface area contributed by atoms with Crippen LogP contribution in [0, 0.1) is 19.3 Å². The number of terminal acetylenes is 1. The molecule has 24 heavy (non-hydrogen) atoms. The fraction of sp³-hybridized carbons (Fsp3) is 0.111. The second-order valence-corrected chi connectivity index (χ2v) is 7.10. The van der Waals surface area contributed by atoms with Crippen molar-refractivity contribution in [2.75, 3.05) is 0 Å². The van der Waals surface area contributed by atoms with E-state index < -0.39 is 5.91 Å². The van der Waals surface area contributed by atoms with Crippen LogP contribution in [0.2, 0.25) is 10.0 Å². The molecule has 0 aliphatic rings. The van der Waals surface area contributed by atoms with E-state index in [2.05, 4.69) is 10.9 Å². The second kappa shape index (κ2) is 6.82. The third-order valence-electron chi connectivity index (χ3n) is 3.39. The van der Waals surface area contributed by atoms with Gasteiger partial charge in [-0.3, -0.25) is 4.79 Å². The summed E-state index contributed by atoms with van der Waals surface area (Å²) in [6.07, 6.45) is 5.46. The molecule has 0 atom stereocenters. The van der Waals surface area contributed by atoms with Gasteiger partial charge in [0.15, 0.2) is 4.80 Å². The molecule has 0 radical (unpaired) electrons. The van der Waals surface area contributed by atoms with Gasteiger partial charge < -0.3 is 4.57 Å². The second-order valence-electron chi connectivity index (χ2n) is 5.22. The van der Waals surface area contributed by atoms with E-state index in [1.807, 2.05) is 29.7 Å². The van der Waals surface area contributed by atoms with Gasteiger partial charge in [-0.2, -0.15) is 4.99 Å². The molecule has 0 aliphatic heterocycles. The van der Waals surface area contributed by atoms with Crippen LogP contribution in [-0.2, 0) is 6.54 Å². The minimum absolute atomic E-state index is 0.339. The van der Waals surface area contributed by atoms with Crippen LogP contribution in [0.5, 0.6) is 0 Å². The average Bonchev–Trinajstić information content (AvgIpc) is 2.83. The van der Waals surface area contributed by atoms with E-state index in [4.69, 9.17) is 29.6 Å². The molecule has 6 heteroatoms. The number of hydrogen-bond donors (Lipinski definition) is 0. The molecule has 3 aromatic rings. The van der Waals surface area contributed by atoms with Crippen molar-refractivity contribution in [1.82, 2.24) is 4.57 Å². The van der Waals surface area contributed by atoms with Crippen LogP contribution in [-0.4, -0.2) is 10.5 Å². The molecule has 0 aliphatic carbocycles. The molecule has 0 saturated heterocycles. The Morgan fingerprint density at radius 1 is 1.25 bits per heavy atom. The number of thiazole rings is 1. The lowest BCUT2D eigenvalue weighted by atomic mass is 10.2. The predicted molar refractivity (Wildman–Crippen MR) is 99.7 cm³/mol. The molecule has 120 valence electrons. The monoisotopic (exact) mass is 374 g/mol. The maximum Gasteiger partial charge on any atom is 0.279 e. The first kappa shape index (κ1) is 16.8. The highest BCUT2D eigenvalue weighted by Crippen LogP contribution is 2.21. The van der Waals surface area contributed by atoms with Gasteiger partial charge in [0.25, 0.3) is 5.91 Å². The summed E-state index contributed by atoms with van der Waals surface area (Å²) >= 11 is 13.3. The van der Waals surface area contributed by atoms with Crippen LogP contribution in [0.1, 0.15) is 15.9 Å². The molecule has 3 rings (SSSR count). The number of aromatic nitrogens is 1. The van der Waals surface area contributed by atoms with Crippen molar-refractivity contribution >= 4 is 50.7 Å². The number of aryl methyl sites for hydroxylation is 1. The standard InChI is InChI=1S/C18H12Cl2N2OS/c1-3-6-22-15-5-4-11(2)7-16(15)24-18(22)21-17(23)12-8-13(19)10-14(20)9-12/h1,4-5,7-10H,6H2,2H3. The van der Waals surface area contributed by atoms with E-state index in [1.54, 1.807) is 18.2 Å². The molecule has 1 amide bonds. The van der Waals surface area contributed by atoms with Gasteiger partial charge in [0, 0.05) is 15.6 Å². The Morgan fingerprint density at radius 3 is 2.62 bits per heavy atom. The zero-order chi connectivity index (χ0) is 17.3. The first-order chi connectivity index (χ1) is 11.5. The number of carbonyl (C=O) groups excluding carboxylic acids is 1. The van der Waals surface area contributed by atoms with Gasteiger partial charge in [-0.15, -0.1) is 6.42 Å². The summed E-state index contributed by atoms with van der Waals surface area (Å²) in [4.78, 5) is 17.3. The Morgan fingerprint density at radius 2 is 1.96 bits per heavy atom. The topological polar surface area (TPSA) is 34.4 Å². The lowest BCUT2D eigenvalue weighted by molar-refractivity contribution is 0.0998. The van der Waals surface area contributed by atoms with Crippen LogP contribution in [0.3, 0.4) is 0 Å². The lowest BCUT2D eigenvalue weighted by Gasteiger charge is -2.01. The minimum atomic E-state index is -0.409. The zero-order valence-corrected chi connectivity index (χ0v) is 15.0.